The third-order valence-electron chi connectivity index (χ3n) is 2.86. The quantitative estimate of drug-likeness (QED) is 0.899. The van der Waals surface area contributed by atoms with Crippen LogP contribution in [0.1, 0.15) is 6.42 Å². The third kappa shape index (κ3) is 3.93. The van der Waals surface area contributed by atoms with E-state index in [1.807, 2.05) is 0 Å². The van der Waals surface area contributed by atoms with Crippen molar-refractivity contribution < 1.29 is 18.7 Å². The molecule has 0 saturated carbocycles. The molecule has 108 valence electrons. The number of hydrogen-bond acceptors (Lipinski definition) is 3. The maximum absolute atomic E-state index is 13.5. The molecule has 7 heteroatoms. The van der Waals surface area contributed by atoms with Gasteiger partial charge < -0.3 is 15.0 Å². The van der Waals surface area contributed by atoms with Gasteiger partial charge in [-0.3, -0.25) is 9.59 Å². The molecule has 0 atom stereocenters. The van der Waals surface area contributed by atoms with E-state index >= 15 is 0 Å². The first-order chi connectivity index (χ1) is 9.56. The minimum atomic E-state index is -0.541. The number of nitrogens with one attached hydrogen (secondary N) is 1. The van der Waals surface area contributed by atoms with Crippen molar-refractivity contribution >= 4 is 27.7 Å². The monoisotopic (exact) mass is 344 g/mol. The molecular formula is C13H14BrFN2O3. The summed E-state index contributed by atoms with van der Waals surface area (Å²) in [6, 6.07) is 4.34. The Morgan fingerprint density at radius 3 is 3.05 bits per heavy atom. The van der Waals surface area contributed by atoms with E-state index < -0.39 is 5.82 Å². The second-order valence-electron chi connectivity index (χ2n) is 4.38. The number of carbonyl (C=O) groups is 2. The van der Waals surface area contributed by atoms with Crippen molar-refractivity contribution in [1.82, 2.24) is 10.2 Å². The average molecular weight is 345 g/mol. The van der Waals surface area contributed by atoms with Gasteiger partial charge in [-0.1, -0.05) is 15.9 Å². The van der Waals surface area contributed by atoms with Gasteiger partial charge in [-0.2, -0.15) is 0 Å². The molecular weight excluding hydrogens is 331 g/mol. The number of rotatable bonds is 3. The maximum atomic E-state index is 13.5. The largest absolute Gasteiger partial charge is 0.481 e. The Hall–Kier alpha value is -1.63. The molecule has 2 amide bonds. The normalized spacial score (nSPS) is 15.5. The fraction of sp³-hybridized carbons (Fsp3) is 0.385. The van der Waals surface area contributed by atoms with Gasteiger partial charge in [0.15, 0.2) is 18.2 Å². The standard InChI is InChI=1S/C13H14BrFN2O3/c14-9-2-3-11(10(15)6-9)20-8-13(19)17-5-1-4-16-12(18)7-17/h2-3,6H,1,4-5,7-8H2,(H,16,18). The summed E-state index contributed by atoms with van der Waals surface area (Å²) in [7, 11) is 0. The smallest absolute Gasteiger partial charge is 0.260 e. The molecule has 20 heavy (non-hydrogen) atoms. The van der Waals surface area contributed by atoms with Gasteiger partial charge in [-0.25, -0.2) is 4.39 Å². The third-order valence-corrected chi connectivity index (χ3v) is 3.35. The van der Waals surface area contributed by atoms with Gasteiger partial charge in [-0.15, -0.1) is 0 Å². The van der Waals surface area contributed by atoms with E-state index in [1.54, 1.807) is 6.07 Å². The fourth-order valence-corrected chi connectivity index (χ4v) is 2.18. The van der Waals surface area contributed by atoms with E-state index in [-0.39, 0.29) is 30.7 Å². The van der Waals surface area contributed by atoms with E-state index in [4.69, 9.17) is 4.74 Å². The highest BCUT2D eigenvalue weighted by molar-refractivity contribution is 9.10. The topological polar surface area (TPSA) is 58.6 Å². The first-order valence-corrected chi connectivity index (χ1v) is 6.98. The SMILES string of the molecule is O=C1CN(C(=O)COc2ccc(Br)cc2F)CCCN1. The minimum Gasteiger partial charge on any atom is -0.481 e. The highest BCUT2D eigenvalue weighted by Gasteiger charge is 2.20. The molecule has 1 aromatic carbocycles. The number of halogens is 2. The summed E-state index contributed by atoms with van der Waals surface area (Å²) in [6.45, 7) is 0.783. The molecule has 1 aliphatic rings. The molecule has 0 aliphatic carbocycles. The fourth-order valence-electron chi connectivity index (χ4n) is 1.84. The van der Waals surface area contributed by atoms with Gasteiger partial charge in [0.2, 0.25) is 5.91 Å². The predicted octanol–water partition coefficient (Wildman–Crippen LogP) is 1.32. The summed E-state index contributed by atoms with van der Waals surface area (Å²) >= 11 is 3.14. The first kappa shape index (κ1) is 14.8. The summed E-state index contributed by atoms with van der Waals surface area (Å²) in [4.78, 5) is 24.7. The molecule has 1 saturated heterocycles. The zero-order valence-corrected chi connectivity index (χ0v) is 12.3. The highest BCUT2D eigenvalue weighted by Crippen LogP contribution is 2.21. The lowest BCUT2D eigenvalue weighted by molar-refractivity contribution is -0.136. The van der Waals surface area contributed by atoms with Crippen LogP contribution in [0, 0.1) is 5.82 Å². The zero-order valence-electron chi connectivity index (χ0n) is 10.7. The summed E-state index contributed by atoms with van der Waals surface area (Å²) in [5.41, 5.74) is 0. The molecule has 1 fully saturated rings. The molecule has 1 aromatic rings. The van der Waals surface area contributed by atoms with Crippen LogP contribution in [0.3, 0.4) is 0 Å². The van der Waals surface area contributed by atoms with Crippen LogP contribution in [0.2, 0.25) is 0 Å². The van der Waals surface area contributed by atoms with Crippen LogP contribution in [0.4, 0.5) is 4.39 Å². The Morgan fingerprint density at radius 1 is 1.50 bits per heavy atom. The van der Waals surface area contributed by atoms with E-state index in [0.29, 0.717) is 24.0 Å². The van der Waals surface area contributed by atoms with Crippen molar-refractivity contribution in [3.63, 3.8) is 0 Å². The van der Waals surface area contributed by atoms with Crippen LogP contribution in [0.25, 0.3) is 0 Å². The van der Waals surface area contributed by atoms with Crippen LogP contribution < -0.4 is 10.1 Å². The summed E-state index contributed by atoms with van der Waals surface area (Å²) in [5, 5.41) is 2.68. The van der Waals surface area contributed by atoms with Crippen molar-refractivity contribution in [1.29, 1.82) is 0 Å². The molecule has 0 spiro atoms. The van der Waals surface area contributed by atoms with E-state index in [9.17, 15) is 14.0 Å². The van der Waals surface area contributed by atoms with Gasteiger partial charge in [-0.05, 0) is 24.6 Å². The Kier molecular flexibility index (Phi) is 4.94. The second kappa shape index (κ2) is 6.69. The number of benzene rings is 1. The molecule has 0 radical (unpaired) electrons. The molecule has 0 unspecified atom stereocenters. The van der Waals surface area contributed by atoms with Gasteiger partial charge in [0.1, 0.15) is 0 Å². The van der Waals surface area contributed by atoms with Crippen molar-refractivity contribution in [2.24, 2.45) is 0 Å². The van der Waals surface area contributed by atoms with Crippen LogP contribution in [0.15, 0.2) is 22.7 Å². The molecule has 2 rings (SSSR count). The van der Waals surface area contributed by atoms with Gasteiger partial charge in [0.25, 0.3) is 5.91 Å². The number of nitrogens with zero attached hydrogens (tertiary/aromatic N) is 1. The summed E-state index contributed by atoms with van der Waals surface area (Å²) in [5.74, 6) is -1.04. The zero-order chi connectivity index (χ0) is 14.5. The van der Waals surface area contributed by atoms with Crippen molar-refractivity contribution in [2.75, 3.05) is 26.2 Å². The van der Waals surface area contributed by atoms with Crippen LogP contribution in [-0.2, 0) is 9.59 Å². The number of carbonyl (C=O) groups excluding carboxylic acids is 2. The van der Waals surface area contributed by atoms with Crippen LogP contribution in [0.5, 0.6) is 5.75 Å². The number of amides is 2. The first-order valence-electron chi connectivity index (χ1n) is 6.18. The molecule has 0 aromatic heterocycles. The minimum absolute atomic E-state index is 0.0147. The van der Waals surface area contributed by atoms with Gasteiger partial charge in [0.05, 0.1) is 6.54 Å². The van der Waals surface area contributed by atoms with Crippen LogP contribution in [-0.4, -0.2) is 43.0 Å². The van der Waals surface area contributed by atoms with Crippen molar-refractivity contribution in [3.8, 4) is 5.75 Å². The molecule has 1 N–H and O–H groups in total. The Bertz CT molecular complexity index is 524. The Morgan fingerprint density at radius 2 is 2.30 bits per heavy atom. The van der Waals surface area contributed by atoms with E-state index in [0.717, 1.165) is 0 Å². The van der Waals surface area contributed by atoms with Gasteiger partial charge in [0, 0.05) is 17.6 Å². The lowest BCUT2D eigenvalue weighted by Crippen LogP contribution is -2.39. The van der Waals surface area contributed by atoms with Crippen LogP contribution >= 0.6 is 15.9 Å². The number of ether oxygens (including phenoxy) is 1. The van der Waals surface area contributed by atoms with E-state index in [2.05, 4.69) is 21.2 Å². The Balaban J connectivity index is 1.92. The summed E-state index contributed by atoms with van der Waals surface area (Å²) < 4.78 is 19.3. The average Bonchev–Trinajstić information content (AvgIpc) is 2.62. The molecule has 0 bridgehead atoms. The van der Waals surface area contributed by atoms with Crippen molar-refractivity contribution in [3.05, 3.63) is 28.5 Å². The Labute approximate surface area is 124 Å². The molecule has 5 nitrogen and oxygen atoms in total. The predicted molar refractivity (Wildman–Crippen MR) is 73.8 cm³/mol. The summed E-state index contributed by atoms with van der Waals surface area (Å²) in [6.07, 6.45) is 0.699. The lowest BCUT2D eigenvalue weighted by atomic mass is 10.3. The van der Waals surface area contributed by atoms with Crippen molar-refractivity contribution in [2.45, 2.75) is 6.42 Å². The second-order valence-corrected chi connectivity index (χ2v) is 5.30. The van der Waals surface area contributed by atoms with Gasteiger partial charge >= 0.3 is 0 Å². The van der Waals surface area contributed by atoms with E-state index in [1.165, 1.54) is 17.0 Å². The highest BCUT2D eigenvalue weighted by atomic mass is 79.9. The lowest BCUT2D eigenvalue weighted by Gasteiger charge is -2.19. The maximum Gasteiger partial charge on any atom is 0.260 e. The molecule has 1 aliphatic heterocycles. The molecule has 1 heterocycles. The number of hydrogen-bond donors (Lipinski definition) is 1.